The zero-order valence-corrected chi connectivity index (χ0v) is 16.9. The molecule has 7 heteroatoms. The van der Waals surface area contributed by atoms with Crippen molar-refractivity contribution in [2.75, 3.05) is 35.5 Å². The number of rotatable bonds is 7. The minimum atomic E-state index is 0.0625. The van der Waals surface area contributed by atoms with E-state index < -0.39 is 0 Å². The van der Waals surface area contributed by atoms with Gasteiger partial charge in [0.1, 0.15) is 5.75 Å². The Kier molecular flexibility index (Phi) is 7.52. The van der Waals surface area contributed by atoms with Gasteiger partial charge < -0.3 is 29.0 Å². The third kappa shape index (κ3) is 4.31. The second-order valence-corrected chi connectivity index (χ2v) is 6.05. The van der Waals surface area contributed by atoms with Gasteiger partial charge in [0, 0.05) is 13.7 Å². The van der Waals surface area contributed by atoms with Gasteiger partial charge in [-0.2, -0.15) is 0 Å². The average molecular weight is 389 g/mol. The molecule has 0 aliphatic carbocycles. The number of aliphatic hydroxyl groups is 1. The highest BCUT2D eigenvalue weighted by atomic mass is 16.5. The topological polar surface area (TPSA) is 77.5 Å². The Bertz CT molecular complexity index is 765. The van der Waals surface area contributed by atoms with Crippen molar-refractivity contribution in [2.24, 2.45) is 0 Å². The molecule has 0 aromatic heterocycles. The van der Waals surface area contributed by atoms with E-state index in [4.69, 9.17) is 24.1 Å². The number of aliphatic hydroxyl groups excluding tert-OH is 1. The highest BCUT2D eigenvalue weighted by molar-refractivity contribution is 5.83. The number of nitrogens with zero attached hydrogens (tertiary/aromatic N) is 1. The summed E-state index contributed by atoms with van der Waals surface area (Å²) in [5.41, 5.74) is 2.02. The summed E-state index contributed by atoms with van der Waals surface area (Å²) in [6.07, 6.45) is 0.511. The monoisotopic (exact) mass is 389 g/mol. The summed E-state index contributed by atoms with van der Waals surface area (Å²) in [6, 6.07) is 11.6. The molecule has 1 saturated heterocycles. The number of β-lactam (4-membered cyclic amide) rings is 1. The molecular formula is C21H27NO6. The molecule has 0 radical (unpaired) electrons. The first-order chi connectivity index (χ1) is 13.6. The molecule has 152 valence electrons. The molecule has 0 spiro atoms. The number of benzene rings is 2. The van der Waals surface area contributed by atoms with E-state index in [1.807, 2.05) is 41.3 Å². The number of carbonyl (C=O) groups is 1. The fourth-order valence-electron chi connectivity index (χ4n) is 3.20. The maximum absolute atomic E-state index is 12.2. The van der Waals surface area contributed by atoms with Gasteiger partial charge in [-0.25, -0.2) is 0 Å². The Labute approximate surface area is 165 Å². The van der Waals surface area contributed by atoms with Crippen LogP contribution < -0.4 is 18.9 Å². The molecule has 2 aromatic carbocycles. The van der Waals surface area contributed by atoms with Crippen LogP contribution in [0.25, 0.3) is 0 Å². The third-order valence-corrected chi connectivity index (χ3v) is 4.64. The molecule has 1 atom stereocenters. The van der Waals surface area contributed by atoms with E-state index in [2.05, 4.69) is 0 Å². The van der Waals surface area contributed by atoms with Crippen molar-refractivity contribution < 1.29 is 28.8 Å². The average Bonchev–Trinajstić information content (AvgIpc) is 2.76. The summed E-state index contributed by atoms with van der Waals surface area (Å²) in [6.45, 7) is 0.478. The number of amides is 1. The number of methoxy groups -OCH3 is 4. The van der Waals surface area contributed by atoms with Gasteiger partial charge in [-0.3, -0.25) is 4.79 Å². The van der Waals surface area contributed by atoms with E-state index in [9.17, 15) is 4.79 Å². The molecule has 28 heavy (non-hydrogen) atoms. The molecule has 1 amide bonds. The van der Waals surface area contributed by atoms with Gasteiger partial charge in [0.15, 0.2) is 11.5 Å². The van der Waals surface area contributed by atoms with Crippen LogP contribution in [0.5, 0.6) is 23.0 Å². The second-order valence-electron chi connectivity index (χ2n) is 6.05. The van der Waals surface area contributed by atoms with E-state index in [-0.39, 0.29) is 11.9 Å². The van der Waals surface area contributed by atoms with E-state index >= 15 is 0 Å². The fourth-order valence-corrected chi connectivity index (χ4v) is 3.20. The summed E-state index contributed by atoms with van der Waals surface area (Å²) < 4.78 is 21.3. The minimum absolute atomic E-state index is 0.0625. The van der Waals surface area contributed by atoms with Gasteiger partial charge in [0.25, 0.3) is 0 Å². The summed E-state index contributed by atoms with van der Waals surface area (Å²) in [7, 11) is 7.36. The predicted octanol–water partition coefficient (Wildman–Crippen LogP) is 2.80. The second kappa shape index (κ2) is 9.85. The van der Waals surface area contributed by atoms with Crippen molar-refractivity contribution in [3.8, 4) is 23.0 Å². The molecular weight excluding hydrogens is 362 g/mol. The lowest BCUT2D eigenvalue weighted by atomic mass is 9.93. The quantitative estimate of drug-likeness (QED) is 0.734. The number of carbonyl (C=O) groups excluding carboxylic acids is 1. The first kappa shape index (κ1) is 21.4. The van der Waals surface area contributed by atoms with Gasteiger partial charge in [0.2, 0.25) is 11.7 Å². The van der Waals surface area contributed by atoms with Crippen LogP contribution in [0.1, 0.15) is 23.6 Å². The maximum Gasteiger partial charge on any atom is 0.225 e. The van der Waals surface area contributed by atoms with Crippen LogP contribution in [0.2, 0.25) is 0 Å². The number of likely N-dealkylation sites (tertiary alicyclic amines) is 1. The number of hydrogen-bond donors (Lipinski definition) is 1. The minimum Gasteiger partial charge on any atom is -0.497 e. The Morgan fingerprint density at radius 3 is 1.93 bits per heavy atom. The van der Waals surface area contributed by atoms with Crippen LogP contribution in [0.15, 0.2) is 36.4 Å². The van der Waals surface area contributed by atoms with E-state index in [1.54, 1.807) is 28.4 Å². The van der Waals surface area contributed by atoms with E-state index in [0.29, 0.717) is 30.2 Å². The van der Waals surface area contributed by atoms with Crippen molar-refractivity contribution in [3.63, 3.8) is 0 Å². The molecule has 1 aliphatic rings. The lowest BCUT2D eigenvalue weighted by molar-refractivity contribution is -0.147. The predicted molar refractivity (Wildman–Crippen MR) is 105 cm³/mol. The van der Waals surface area contributed by atoms with Crippen LogP contribution >= 0.6 is 0 Å². The Morgan fingerprint density at radius 2 is 1.50 bits per heavy atom. The summed E-state index contributed by atoms with van der Waals surface area (Å²) in [4.78, 5) is 14.0. The normalized spacial score (nSPS) is 15.1. The number of ether oxygens (including phenoxy) is 4. The van der Waals surface area contributed by atoms with E-state index in [1.165, 1.54) is 0 Å². The highest BCUT2D eigenvalue weighted by Crippen LogP contribution is 2.41. The van der Waals surface area contributed by atoms with Gasteiger partial charge in [-0.05, 0) is 35.4 Å². The van der Waals surface area contributed by atoms with Crippen molar-refractivity contribution in [1.82, 2.24) is 4.90 Å². The van der Waals surface area contributed by atoms with Crippen LogP contribution in [-0.4, -0.2) is 51.5 Å². The van der Waals surface area contributed by atoms with E-state index in [0.717, 1.165) is 24.0 Å². The number of hydrogen-bond acceptors (Lipinski definition) is 6. The highest BCUT2D eigenvalue weighted by Gasteiger charge is 2.37. The Morgan fingerprint density at radius 1 is 0.929 bits per heavy atom. The lowest BCUT2D eigenvalue weighted by Crippen LogP contribution is -2.45. The van der Waals surface area contributed by atoms with Gasteiger partial charge in [0.05, 0.1) is 40.9 Å². The van der Waals surface area contributed by atoms with Crippen molar-refractivity contribution in [2.45, 2.75) is 19.0 Å². The summed E-state index contributed by atoms with van der Waals surface area (Å²) in [5.74, 6) is 2.63. The molecule has 0 bridgehead atoms. The Balaban J connectivity index is 0.00000136. The third-order valence-electron chi connectivity index (χ3n) is 4.64. The largest absolute Gasteiger partial charge is 0.497 e. The van der Waals surface area contributed by atoms with Gasteiger partial charge in [-0.1, -0.05) is 12.1 Å². The molecule has 1 aliphatic heterocycles. The molecule has 0 unspecified atom stereocenters. The SMILES string of the molecule is CO.COc1ccc([C@H]2CC(=O)N2Cc2cc(OC)c(OC)c(OC)c2)cc1. The maximum atomic E-state index is 12.2. The fraction of sp³-hybridized carbons (Fsp3) is 0.381. The molecule has 1 heterocycles. The molecule has 0 saturated carbocycles. The van der Waals surface area contributed by atoms with Gasteiger partial charge in [-0.15, -0.1) is 0 Å². The van der Waals surface area contributed by atoms with Crippen LogP contribution in [0.3, 0.4) is 0 Å². The molecule has 1 N–H and O–H groups in total. The summed E-state index contributed by atoms with van der Waals surface area (Å²) >= 11 is 0. The smallest absolute Gasteiger partial charge is 0.225 e. The van der Waals surface area contributed by atoms with Crippen LogP contribution in [0, 0.1) is 0 Å². The summed E-state index contributed by atoms with van der Waals surface area (Å²) in [5, 5.41) is 7.00. The van der Waals surface area contributed by atoms with Crippen molar-refractivity contribution >= 4 is 5.91 Å². The molecule has 1 fully saturated rings. The standard InChI is InChI=1S/C20H23NO5.CH4O/c1-23-15-7-5-14(6-8-15)16-11-19(22)21(16)12-13-9-17(24-2)20(26-4)18(10-13)25-3;1-2/h5-10,16H,11-12H2,1-4H3;2H,1H3/t16-;/m1./s1. The van der Waals surface area contributed by atoms with Crippen molar-refractivity contribution in [1.29, 1.82) is 0 Å². The zero-order chi connectivity index (χ0) is 20.7. The van der Waals surface area contributed by atoms with Crippen molar-refractivity contribution in [3.05, 3.63) is 47.5 Å². The van der Waals surface area contributed by atoms with Crippen LogP contribution in [-0.2, 0) is 11.3 Å². The zero-order valence-electron chi connectivity index (χ0n) is 16.9. The molecule has 7 nitrogen and oxygen atoms in total. The van der Waals surface area contributed by atoms with Gasteiger partial charge >= 0.3 is 0 Å². The molecule has 2 aromatic rings. The van der Waals surface area contributed by atoms with Crippen LogP contribution in [0.4, 0.5) is 0 Å². The first-order valence-corrected chi connectivity index (χ1v) is 8.78. The Hall–Kier alpha value is -2.93. The molecule has 3 rings (SSSR count). The lowest BCUT2D eigenvalue weighted by Gasteiger charge is -2.41. The first-order valence-electron chi connectivity index (χ1n) is 8.78.